The SMILES string of the molecule is N#Cc1ccc(Nc2cccc(C(=O)N3CCCC(CO)C3)c2)cc1. The fourth-order valence-electron chi connectivity index (χ4n) is 3.11. The van der Waals surface area contributed by atoms with Crippen LogP contribution in [0.4, 0.5) is 11.4 Å². The van der Waals surface area contributed by atoms with Gasteiger partial charge in [0.2, 0.25) is 0 Å². The summed E-state index contributed by atoms with van der Waals surface area (Å²) in [5.41, 5.74) is 2.93. The van der Waals surface area contributed by atoms with Crippen molar-refractivity contribution in [2.75, 3.05) is 25.0 Å². The average molecular weight is 335 g/mol. The van der Waals surface area contributed by atoms with Crippen LogP contribution in [0.2, 0.25) is 0 Å². The first-order valence-corrected chi connectivity index (χ1v) is 8.47. The number of carbonyl (C=O) groups is 1. The zero-order valence-corrected chi connectivity index (χ0v) is 14.0. The summed E-state index contributed by atoms with van der Waals surface area (Å²) in [6.07, 6.45) is 1.90. The van der Waals surface area contributed by atoms with Gasteiger partial charge in [0.1, 0.15) is 0 Å². The van der Waals surface area contributed by atoms with Gasteiger partial charge in [-0.25, -0.2) is 0 Å². The Morgan fingerprint density at radius 2 is 2.04 bits per heavy atom. The number of anilines is 2. The maximum absolute atomic E-state index is 12.7. The lowest BCUT2D eigenvalue weighted by atomic mass is 9.98. The van der Waals surface area contributed by atoms with Crippen molar-refractivity contribution in [1.82, 2.24) is 4.90 Å². The summed E-state index contributed by atoms with van der Waals surface area (Å²) in [5.74, 6) is 0.180. The maximum Gasteiger partial charge on any atom is 0.253 e. The average Bonchev–Trinajstić information content (AvgIpc) is 2.68. The second-order valence-corrected chi connectivity index (χ2v) is 6.34. The predicted molar refractivity (Wildman–Crippen MR) is 96.6 cm³/mol. The summed E-state index contributed by atoms with van der Waals surface area (Å²) < 4.78 is 0. The Morgan fingerprint density at radius 3 is 2.76 bits per heavy atom. The van der Waals surface area contributed by atoms with Crippen LogP contribution in [-0.4, -0.2) is 35.6 Å². The number of aliphatic hydroxyl groups is 1. The van der Waals surface area contributed by atoms with E-state index in [-0.39, 0.29) is 18.4 Å². The first-order valence-electron chi connectivity index (χ1n) is 8.47. The van der Waals surface area contributed by atoms with Crippen LogP contribution in [0.25, 0.3) is 0 Å². The second-order valence-electron chi connectivity index (χ2n) is 6.34. The number of hydrogen-bond acceptors (Lipinski definition) is 4. The van der Waals surface area contributed by atoms with Crippen LogP contribution in [0, 0.1) is 17.2 Å². The Hall–Kier alpha value is -2.84. The van der Waals surface area contributed by atoms with Gasteiger partial charge in [0.15, 0.2) is 0 Å². The normalized spacial score (nSPS) is 17.0. The Labute approximate surface area is 147 Å². The molecule has 1 heterocycles. The molecule has 5 heteroatoms. The number of piperidine rings is 1. The van der Waals surface area contributed by atoms with Gasteiger partial charge in [-0.3, -0.25) is 4.79 Å². The Balaban J connectivity index is 1.72. The molecular formula is C20H21N3O2. The number of likely N-dealkylation sites (tertiary alicyclic amines) is 1. The first-order chi connectivity index (χ1) is 12.2. The van der Waals surface area contributed by atoms with E-state index in [1.165, 1.54) is 0 Å². The van der Waals surface area contributed by atoms with E-state index >= 15 is 0 Å². The molecule has 25 heavy (non-hydrogen) atoms. The van der Waals surface area contributed by atoms with Gasteiger partial charge in [-0.05, 0) is 61.2 Å². The van der Waals surface area contributed by atoms with Crippen molar-refractivity contribution in [3.05, 3.63) is 59.7 Å². The summed E-state index contributed by atoms with van der Waals surface area (Å²) in [4.78, 5) is 14.6. The minimum absolute atomic E-state index is 0.00151. The Kier molecular flexibility index (Phi) is 5.32. The van der Waals surface area contributed by atoms with E-state index in [9.17, 15) is 9.90 Å². The molecule has 1 atom stereocenters. The number of benzene rings is 2. The monoisotopic (exact) mass is 335 g/mol. The van der Waals surface area contributed by atoms with Crippen LogP contribution in [0.5, 0.6) is 0 Å². The van der Waals surface area contributed by atoms with E-state index in [2.05, 4.69) is 11.4 Å². The molecule has 2 aromatic carbocycles. The molecule has 1 aliphatic rings. The zero-order chi connectivity index (χ0) is 17.6. The third-order valence-corrected chi connectivity index (χ3v) is 4.48. The molecule has 1 unspecified atom stereocenters. The maximum atomic E-state index is 12.7. The highest BCUT2D eigenvalue weighted by atomic mass is 16.3. The van der Waals surface area contributed by atoms with Gasteiger partial charge in [0.05, 0.1) is 11.6 Å². The van der Waals surface area contributed by atoms with Crippen molar-refractivity contribution in [2.24, 2.45) is 5.92 Å². The van der Waals surface area contributed by atoms with Crippen LogP contribution in [0.1, 0.15) is 28.8 Å². The minimum atomic E-state index is 0.00151. The standard InChI is InChI=1S/C20H21N3O2/c21-12-15-6-8-18(9-7-15)22-19-5-1-4-17(11-19)20(25)23-10-2-3-16(13-23)14-24/h1,4-9,11,16,22,24H,2-3,10,13-14H2. The predicted octanol–water partition coefficient (Wildman–Crippen LogP) is 3.15. The van der Waals surface area contributed by atoms with E-state index in [0.717, 1.165) is 30.8 Å². The molecule has 0 radical (unpaired) electrons. The largest absolute Gasteiger partial charge is 0.396 e. The quantitative estimate of drug-likeness (QED) is 0.900. The number of carbonyl (C=O) groups excluding carboxylic acids is 1. The highest BCUT2D eigenvalue weighted by molar-refractivity contribution is 5.95. The van der Waals surface area contributed by atoms with Gasteiger partial charge >= 0.3 is 0 Å². The third kappa shape index (κ3) is 4.17. The second kappa shape index (κ2) is 7.82. The van der Waals surface area contributed by atoms with Gasteiger partial charge in [-0.1, -0.05) is 6.07 Å². The molecule has 1 fully saturated rings. The Morgan fingerprint density at radius 1 is 1.24 bits per heavy atom. The van der Waals surface area contributed by atoms with Crippen molar-refractivity contribution in [3.63, 3.8) is 0 Å². The van der Waals surface area contributed by atoms with Gasteiger partial charge in [-0.2, -0.15) is 5.26 Å². The molecule has 1 amide bonds. The van der Waals surface area contributed by atoms with Crippen molar-refractivity contribution < 1.29 is 9.90 Å². The van der Waals surface area contributed by atoms with Crippen LogP contribution in [0.15, 0.2) is 48.5 Å². The molecule has 2 N–H and O–H groups in total. The summed E-state index contributed by atoms with van der Waals surface area (Å²) in [7, 11) is 0. The lowest BCUT2D eigenvalue weighted by Crippen LogP contribution is -2.40. The van der Waals surface area contributed by atoms with Gasteiger partial charge in [0, 0.05) is 36.6 Å². The molecule has 2 aromatic rings. The smallest absolute Gasteiger partial charge is 0.253 e. The highest BCUT2D eigenvalue weighted by Crippen LogP contribution is 2.21. The first kappa shape index (κ1) is 17.0. The van der Waals surface area contributed by atoms with Crippen molar-refractivity contribution >= 4 is 17.3 Å². The summed E-state index contributed by atoms with van der Waals surface area (Å²) in [6, 6.07) is 16.7. The molecule has 3 rings (SSSR count). The molecule has 1 saturated heterocycles. The number of nitrogens with zero attached hydrogens (tertiary/aromatic N) is 2. The molecule has 0 aromatic heterocycles. The number of rotatable bonds is 4. The van der Waals surface area contributed by atoms with Crippen LogP contribution >= 0.6 is 0 Å². The van der Waals surface area contributed by atoms with Gasteiger partial charge < -0.3 is 15.3 Å². The number of nitriles is 1. The number of nitrogens with one attached hydrogen (secondary N) is 1. The highest BCUT2D eigenvalue weighted by Gasteiger charge is 2.24. The zero-order valence-electron chi connectivity index (χ0n) is 14.0. The summed E-state index contributed by atoms with van der Waals surface area (Å²) in [6.45, 7) is 1.48. The van der Waals surface area contributed by atoms with Crippen LogP contribution in [0.3, 0.4) is 0 Å². The van der Waals surface area contributed by atoms with E-state index in [0.29, 0.717) is 17.7 Å². The van der Waals surface area contributed by atoms with Crippen molar-refractivity contribution in [3.8, 4) is 6.07 Å². The number of amides is 1. The molecule has 0 spiro atoms. The number of hydrogen-bond donors (Lipinski definition) is 2. The van der Waals surface area contributed by atoms with Crippen molar-refractivity contribution in [1.29, 1.82) is 5.26 Å². The minimum Gasteiger partial charge on any atom is -0.396 e. The van der Waals surface area contributed by atoms with Gasteiger partial charge in [-0.15, -0.1) is 0 Å². The van der Waals surface area contributed by atoms with Crippen LogP contribution in [-0.2, 0) is 0 Å². The number of aliphatic hydroxyl groups excluding tert-OH is 1. The fraction of sp³-hybridized carbons (Fsp3) is 0.300. The molecule has 128 valence electrons. The van der Waals surface area contributed by atoms with Crippen LogP contribution < -0.4 is 5.32 Å². The summed E-state index contributed by atoms with van der Waals surface area (Å²) >= 11 is 0. The Bertz CT molecular complexity index is 780. The third-order valence-electron chi connectivity index (χ3n) is 4.48. The molecular weight excluding hydrogens is 314 g/mol. The van der Waals surface area contributed by atoms with E-state index < -0.39 is 0 Å². The van der Waals surface area contributed by atoms with Gasteiger partial charge in [0.25, 0.3) is 5.91 Å². The summed E-state index contributed by atoms with van der Waals surface area (Å²) in [5, 5.41) is 21.4. The fourth-order valence-corrected chi connectivity index (χ4v) is 3.11. The molecule has 0 saturated carbocycles. The van der Waals surface area contributed by atoms with E-state index in [4.69, 9.17) is 5.26 Å². The molecule has 1 aliphatic heterocycles. The van der Waals surface area contributed by atoms with Crippen molar-refractivity contribution in [2.45, 2.75) is 12.8 Å². The lowest BCUT2D eigenvalue weighted by molar-refractivity contribution is 0.0621. The van der Waals surface area contributed by atoms with E-state index in [1.807, 2.05) is 41.3 Å². The molecule has 0 bridgehead atoms. The molecule has 0 aliphatic carbocycles. The van der Waals surface area contributed by atoms with E-state index in [1.54, 1.807) is 12.1 Å². The lowest BCUT2D eigenvalue weighted by Gasteiger charge is -2.32. The molecule has 5 nitrogen and oxygen atoms in total. The topological polar surface area (TPSA) is 76.4 Å².